The molecule has 3 aromatic heterocycles. The molecule has 7 rings (SSSR count). The van der Waals surface area contributed by atoms with Gasteiger partial charge < -0.3 is 19.5 Å². The number of aromatic amines is 1. The van der Waals surface area contributed by atoms with E-state index in [1.165, 1.54) is 50.5 Å². The van der Waals surface area contributed by atoms with Crippen LogP contribution in [0.4, 0.5) is 11.8 Å². The summed E-state index contributed by atoms with van der Waals surface area (Å²) in [5.74, 6) is 3.38. The second kappa shape index (κ2) is 11.7. The van der Waals surface area contributed by atoms with E-state index in [1.54, 1.807) is 0 Å². The fourth-order valence-electron chi connectivity index (χ4n) is 7.14. The van der Waals surface area contributed by atoms with Gasteiger partial charge in [0.1, 0.15) is 5.52 Å². The first-order valence-corrected chi connectivity index (χ1v) is 16.0. The normalized spacial score (nSPS) is 25.5. The molecule has 3 fully saturated rings. The zero-order valence-electron chi connectivity index (χ0n) is 25.3. The van der Waals surface area contributed by atoms with Crippen LogP contribution in [0.3, 0.4) is 0 Å². The van der Waals surface area contributed by atoms with Crippen molar-refractivity contribution in [3.05, 3.63) is 46.4 Å². The predicted molar refractivity (Wildman–Crippen MR) is 165 cm³/mol. The van der Waals surface area contributed by atoms with Crippen molar-refractivity contribution in [3.8, 4) is 11.6 Å². The van der Waals surface area contributed by atoms with Gasteiger partial charge in [0.2, 0.25) is 17.6 Å². The summed E-state index contributed by atoms with van der Waals surface area (Å²) in [6, 6.07) is 10.8. The molecule has 4 aromatic rings. The SMILES string of the molecule is CC1CCC(Cn2c(N3CCO[C@@H](C)[C@H]3c3ccccc3)nc3nc(-c4noc(=O)[nH]4)nc(N[C@H](C)C4CCC4)c32)CC1. The molecule has 0 unspecified atom stereocenters. The molecule has 3 atom stereocenters. The second-order valence-electron chi connectivity index (χ2n) is 12.9. The summed E-state index contributed by atoms with van der Waals surface area (Å²) in [5, 5.41) is 7.65. The molecule has 3 aliphatic rings. The van der Waals surface area contributed by atoms with Crippen molar-refractivity contribution >= 4 is 22.9 Å². The first-order valence-electron chi connectivity index (χ1n) is 16.0. The van der Waals surface area contributed by atoms with Crippen molar-refractivity contribution in [1.82, 2.24) is 29.7 Å². The summed E-state index contributed by atoms with van der Waals surface area (Å²) >= 11 is 0. The lowest BCUT2D eigenvalue weighted by molar-refractivity contribution is 0.0221. The van der Waals surface area contributed by atoms with Crippen molar-refractivity contribution in [2.75, 3.05) is 23.4 Å². The van der Waals surface area contributed by atoms with E-state index in [0.29, 0.717) is 36.5 Å². The van der Waals surface area contributed by atoms with E-state index < -0.39 is 5.76 Å². The van der Waals surface area contributed by atoms with E-state index in [-0.39, 0.29) is 24.0 Å². The highest BCUT2D eigenvalue weighted by Crippen LogP contribution is 2.39. The monoisotopic (exact) mass is 586 g/mol. The first-order chi connectivity index (χ1) is 20.9. The summed E-state index contributed by atoms with van der Waals surface area (Å²) in [7, 11) is 0. The molecular formula is C32H42N8O3. The quantitative estimate of drug-likeness (QED) is 0.273. The molecular weight excluding hydrogens is 544 g/mol. The van der Waals surface area contributed by atoms with Gasteiger partial charge in [0.05, 0.1) is 18.8 Å². The van der Waals surface area contributed by atoms with Crippen LogP contribution < -0.4 is 16.0 Å². The molecule has 0 bridgehead atoms. The maximum atomic E-state index is 11.8. The predicted octanol–water partition coefficient (Wildman–Crippen LogP) is 5.56. The van der Waals surface area contributed by atoms with E-state index in [4.69, 9.17) is 24.2 Å². The number of hydrogen-bond acceptors (Lipinski definition) is 9. The lowest BCUT2D eigenvalue weighted by Crippen LogP contribution is -2.45. The molecule has 0 radical (unpaired) electrons. The summed E-state index contributed by atoms with van der Waals surface area (Å²) in [6.45, 7) is 8.92. The van der Waals surface area contributed by atoms with Gasteiger partial charge in [-0.05, 0) is 62.8 Å². The Balaban J connectivity index is 1.39. The van der Waals surface area contributed by atoms with Gasteiger partial charge in [0, 0.05) is 19.1 Å². The molecule has 0 amide bonds. The second-order valence-corrected chi connectivity index (χ2v) is 12.9. The van der Waals surface area contributed by atoms with Crippen LogP contribution in [0.2, 0.25) is 0 Å². The Hall–Kier alpha value is -3.73. The van der Waals surface area contributed by atoms with Crippen LogP contribution in [0, 0.1) is 17.8 Å². The van der Waals surface area contributed by atoms with Crippen LogP contribution in [0.1, 0.15) is 77.3 Å². The Kier molecular flexibility index (Phi) is 7.67. The number of rotatable bonds is 8. The van der Waals surface area contributed by atoms with Gasteiger partial charge >= 0.3 is 5.76 Å². The van der Waals surface area contributed by atoms with Crippen molar-refractivity contribution < 1.29 is 9.26 Å². The Labute approximate surface area is 251 Å². The molecule has 11 nitrogen and oxygen atoms in total. The molecule has 43 heavy (non-hydrogen) atoms. The van der Waals surface area contributed by atoms with Gasteiger partial charge in [-0.25, -0.2) is 14.8 Å². The fourth-order valence-corrected chi connectivity index (χ4v) is 7.14. The van der Waals surface area contributed by atoms with Crippen LogP contribution in [0.15, 0.2) is 39.6 Å². The minimum atomic E-state index is -0.637. The van der Waals surface area contributed by atoms with E-state index in [1.807, 2.05) is 6.07 Å². The fraction of sp³-hybridized carbons (Fsp3) is 0.594. The van der Waals surface area contributed by atoms with E-state index in [0.717, 1.165) is 29.7 Å². The Morgan fingerprint density at radius 3 is 2.53 bits per heavy atom. The van der Waals surface area contributed by atoms with Gasteiger partial charge in [0.25, 0.3) is 0 Å². The zero-order valence-corrected chi connectivity index (χ0v) is 25.3. The number of anilines is 2. The van der Waals surface area contributed by atoms with Crippen LogP contribution in [0.5, 0.6) is 0 Å². The summed E-state index contributed by atoms with van der Waals surface area (Å²) in [5.41, 5.74) is 2.69. The highest BCUT2D eigenvalue weighted by atomic mass is 16.5. The third kappa shape index (κ3) is 5.55. The number of benzene rings is 1. The van der Waals surface area contributed by atoms with E-state index >= 15 is 0 Å². The maximum Gasteiger partial charge on any atom is 0.439 e. The van der Waals surface area contributed by atoms with Gasteiger partial charge in [-0.1, -0.05) is 61.7 Å². The molecule has 1 aliphatic heterocycles. The topological polar surface area (TPSA) is 127 Å². The lowest BCUT2D eigenvalue weighted by Gasteiger charge is -2.41. The molecule has 4 heterocycles. The number of nitrogens with one attached hydrogen (secondary N) is 2. The molecule has 2 N–H and O–H groups in total. The Morgan fingerprint density at radius 1 is 1.05 bits per heavy atom. The number of aromatic nitrogens is 6. The molecule has 1 aromatic carbocycles. The number of imidazole rings is 1. The number of fused-ring (bicyclic) bond motifs is 1. The molecule has 1 saturated heterocycles. The Bertz CT molecular complexity index is 1600. The number of hydrogen-bond donors (Lipinski definition) is 2. The number of nitrogens with zero attached hydrogens (tertiary/aromatic N) is 6. The van der Waals surface area contributed by atoms with E-state index in [2.05, 4.69) is 70.0 Å². The van der Waals surface area contributed by atoms with Gasteiger partial charge in [-0.3, -0.25) is 9.51 Å². The minimum Gasteiger partial charge on any atom is -0.374 e. The van der Waals surface area contributed by atoms with Crippen LogP contribution in [-0.2, 0) is 11.3 Å². The number of ether oxygens (including phenoxy) is 1. The van der Waals surface area contributed by atoms with Gasteiger partial charge in [0.15, 0.2) is 11.5 Å². The standard InChI is InChI=1S/C32H42N8O3/c1-19-12-14-22(15-13-19)18-40-26-27(33-20(2)23-10-7-11-23)34-29(30-37-32(41)43-38-30)35-28(26)36-31(40)39-16-17-42-21(3)25(39)24-8-5-4-6-9-24/h4-6,8-9,19-23,25H,7,10-18H2,1-3H3,(H,33,34,35)(H,37,38,41)/t19?,20-,21+,22?,25+/m1/s1. The van der Waals surface area contributed by atoms with Crippen LogP contribution in [-0.4, -0.2) is 55.0 Å². The molecule has 11 heteroatoms. The molecule has 0 spiro atoms. The average molecular weight is 587 g/mol. The van der Waals surface area contributed by atoms with Crippen LogP contribution >= 0.6 is 0 Å². The summed E-state index contributed by atoms with van der Waals surface area (Å²) < 4.78 is 13.4. The third-order valence-electron chi connectivity index (χ3n) is 9.92. The number of morpholine rings is 1. The maximum absolute atomic E-state index is 11.8. The average Bonchev–Trinajstić information content (AvgIpc) is 3.57. The summed E-state index contributed by atoms with van der Waals surface area (Å²) in [6.07, 6.45) is 8.56. The highest BCUT2D eigenvalue weighted by Gasteiger charge is 2.36. The van der Waals surface area contributed by atoms with E-state index in [9.17, 15) is 4.79 Å². The van der Waals surface area contributed by atoms with Crippen molar-refractivity contribution in [1.29, 1.82) is 0 Å². The third-order valence-corrected chi connectivity index (χ3v) is 9.92. The first kappa shape index (κ1) is 28.1. The van der Waals surface area contributed by atoms with Crippen molar-refractivity contribution in [2.45, 2.75) is 90.4 Å². The Morgan fingerprint density at radius 2 is 1.84 bits per heavy atom. The molecule has 2 aliphatic carbocycles. The van der Waals surface area contributed by atoms with Crippen molar-refractivity contribution in [3.63, 3.8) is 0 Å². The highest BCUT2D eigenvalue weighted by molar-refractivity contribution is 5.87. The smallest absolute Gasteiger partial charge is 0.374 e. The summed E-state index contributed by atoms with van der Waals surface area (Å²) in [4.78, 5) is 32.0. The zero-order chi connectivity index (χ0) is 29.5. The molecule has 228 valence electrons. The largest absolute Gasteiger partial charge is 0.439 e. The minimum absolute atomic E-state index is 0.00141. The van der Waals surface area contributed by atoms with Gasteiger partial charge in [-0.2, -0.15) is 4.98 Å². The lowest BCUT2D eigenvalue weighted by atomic mass is 9.80. The van der Waals surface area contributed by atoms with Crippen LogP contribution in [0.25, 0.3) is 22.8 Å². The molecule has 2 saturated carbocycles. The number of H-pyrrole nitrogens is 1. The van der Waals surface area contributed by atoms with Crippen molar-refractivity contribution in [2.24, 2.45) is 17.8 Å². The van der Waals surface area contributed by atoms with Gasteiger partial charge in [-0.15, -0.1) is 0 Å².